The summed E-state index contributed by atoms with van der Waals surface area (Å²) >= 11 is 0. The molecule has 15 heavy (non-hydrogen) atoms. The standard InChI is InChI=1S/C12H17FN2/c1-10-2-4-15(5-3-10)9-11-6-12(13)8-14-7-11/h6-8,10H,2-5,9H2,1H3. The molecule has 82 valence electrons. The average Bonchev–Trinajstić information content (AvgIpc) is 2.22. The predicted molar refractivity (Wildman–Crippen MR) is 57.9 cm³/mol. The van der Waals surface area contributed by atoms with E-state index < -0.39 is 0 Å². The third-order valence-electron chi connectivity index (χ3n) is 3.04. The Hall–Kier alpha value is -0.960. The third kappa shape index (κ3) is 2.99. The van der Waals surface area contributed by atoms with Crippen LogP contribution in [0, 0.1) is 11.7 Å². The van der Waals surface area contributed by atoms with Crippen molar-refractivity contribution in [3.8, 4) is 0 Å². The first-order valence-electron chi connectivity index (χ1n) is 5.56. The molecule has 0 bridgehead atoms. The lowest BCUT2D eigenvalue weighted by Gasteiger charge is -2.30. The molecule has 1 saturated heterocycles. The van der Waals surface area contributed by atoms with E-state index in [0.717, 1.165) is 31.1 Å². The van der Waals surface area contributed by atoms with Crippen LogP contribution in [0.25, 0.3) is 0 Å². The van der Waals surface area contributed by atoms with E-state index in [4.69, 9.17) is 0 Å². The SMILES string of the molecule is CC1CCN(Cc2cncc(F)c2)CC1. The maximum absolute atomic E-state index is 12.9. The summed E-state index contributed by atoms with van der Waals surface area (Å²) < 4.78 is 12.9. The second-order valence-electron chi connectivity index (χ2n) is 4.47. The van der Waals surface area contributed by atoms with Crippen LogP contribution in [0.1, 0.15) is 25.3 Å². The van der Waals surface area contributed by atoms with Crippen LogP contribution in [0.15, 0.2) is 18.5 Å². The molecule has 2 heterocycles. The third-order valence-corrected chi connectivity index (χ3v) is 3.04. The Morgan fingerprint density at radius 1 is 1.40 bits per heavy atom. The Bertz CT molecular complexity index is 319. The van der Waals surface area contributed by atoms with Crippen LogP contribution < -0.4 is 0 Å². The van der Waals surface area contributed by atoms with Gasteiger partial charge in [-0.05, 0) is 43.5 Å². The summed E-state index contributed by atoms with van der Waals surface area (Å²) in [6.45, 7) is 5.37. The molecule has 1 aromatic rings. The second kappa shape index (κ2) is 4.71. The molecule has 0 aromatic carbocycles. The Morgan fingerprint density at radius 2 is 2.13 bits per heavy atom. The van der Waals surface area contributed by atoms with Gasteiger partial charge in [0.15, 0.2) is 0 Å². The van der Waals surface area contributed by atoms with Crippen molar-refractivity contribution in [1.82, 2.24) is 9.88 Å². The highest BCUT2D eigenvalue weighted by atomic mass is 19.1. The minimum atomic E-state index is -0.238. The molecule has 1 aliphatic heterocycles. The van der Waals surface area contributed by atoms with Crippen LogP contribution in [-0.4, -0.2) is 23.0 Å². The van der Waals surface area contributed by atoms with E-state index in [-0.39, 0.29) is 5.82 Å². The molecule has 0 aliphatic carbocycles. The number of nitrogens with zero attached hydrogens (tertiary/aromatic N) is 2. The van der Waals surface area contributed by atoms with Crippen LogP contribution in [0.3, 0.4) is 0 Å². The van der Waals surface area contributed by atoms with Crippen LogP contribution in [-0.2, 0) is 6.54 Å². The monoisotopic (exact) mass is 208 g/mol. The van der Waals surface area contributed by atoms with Crippen molar-refractivity contribution in [2.75, 3.05) is 13.1 Å². The molecule has 3 heteroatoms. The van der Waals surface area contributed by atoms with E-state index in [9.17, 15) is 4.39 Å². The van der Waals surface area contributed by atoms with Crippen molar-refractivity contribution < 1.29 is 4.39 Å². The van der Waals surface area contributed by atoms with Gasteiger partial charge in [0.25, 0.3) is 0 Å². The fraction of sp³-hybridized carbons (Fsp3) is 0.583. The lowest BCUT2D eigenvalue weighted by atomic mass is 9.99. The number of rotatable bonds is 2. The van der Waals surface area contributed by atoms with Gasteiger partial charge in [0, 0.05) is 12.7 Å². The highest BCUT2D eigenvalue weighted by Crippen LogP contribution is 2.17. The number of halogens is 1. The highest BCUT2D eigenvalue weighted by Gasteiger charge is 2.15. The first-order chi connectivity index (χ1) is 7.24. The fourth-order valence-electron chi connectivity index (χ4n) is 2.02. The summed E-state index contributed by atoms with van der Waals surface area (Å²) in [4.78, 5) is 6.23. The zero-order valence-electron chi connectivity index (χ0n) is 9.12. The normalized spacial score (nSPS) is 19.3. The van der Waals surface area contributed by atoms with E-state index in [1.807, 2.05) is 0 Å². The molecule has 1 aliphatic rings. The number of aromatic nitrogens is 1. The topological polar surface area (TPSA) is 16.1 Å². The van der Waals surface area contributed by atoms with E-state index in [1.165, 1.54) is 19.0 Å². The van der Waals surface area contributed by atoms with Crippen molar-refractivity contribution in [2.24, 2.45) is 5.92 Å². The molecule has 1 fully saturated rings. The molecule has 0 unspecified atom stereocenters. The van der Waals surface area contributed by atoms with Crippen molar-refractivity contribution in [1.29, 1.82) is 0 Å². The van der Waals surface area contributed by atoms with E-state index in [1.54, 1.807) is 12.3 Å². The summed E-state index contributed by atoms with van der Waals surface area (Å²) in [5.74, 6) is 0.602. The summed E-state index contributed by atoms with van der Waals surface area (Å²) in [5.41, 5.74) is 0.976. The Balaban J connectivity index is 1.92. The van der Waals surface area contributed by atoms with E-state index >= 15 is 0 Å². The Morgan fingerprint density at radius 3 is 2.80 bits per heavy atom. The maximum Gasteiger partial charge on any atom is 0.141 e. The zero-order chi connectivity index (χ0) is 10.7. The van der Waals surface area contributed by atoms with E-state index in [0.29, 0.717) is 0 Å². The number of piperidine rings is 1. The lowest BCUT2D eigenvalue weighted by Crippen LogP contribution is -2.32. The van der Waals surface area contributed by atoms with Gasteiger partial charge in [-0.15, -0.1) is 0 Å². The first kappa shape index (κ1) is 10.6. The minimum absolute atomic E-state index is 0.238. The second-order valence-corrected chi connectivity index (χ2v) is 4.47. The summed E-state index contributed by atoms with van der Waals surface area (Å²) in [6, 6.07) is 1.57. The van der Waals surface area contributed by atoms with Crippen LogP contribution in [0.4, 0.5) is 4.39 Å². The molecule has 0 atom stereocenters. The van der Waals surface area contributed by atoms with Crippen molar-refractivity contribution in [3.05, 3.63) is 29.8 Å². The molecular weight excluding hydrogens is 191 g/mol. The molecule has 0 spiro atoms. The van der Waals surface area contributed by atoms with Crippen LogP contribution >= 0.6 is 0 Å². The fourth-order valence-corrected chi connectivity index (χ4v) is 2.02. The summed E-state index contributed by atoms with van der Waals surface area (Å²) in [5, 5.41) is 0. The first-order valence-corrected chi connectivity index (χ1v) is 5.56. The van der Waals surface area contributed by atoms with E-state index in [2.05, 4.69) is 16.8 Å². The molecule has 0 amide bonds. The van der Waals surface area contributed by atoms with Crippen LogP contribution in [0.2, 0.25) is 0 Å². The lowest BCUT2D eigenvalue weighted by molar-refractivity contribution is 0.185. The van der Waals surface area contributed by atoms with Gasteiger partial charge < -0.3 is 0 Å². The summed E-state index contributed by atoms with van der Waals surface area (Å²) in [7, 11) is 0. The van der Waals surface area contributed by atoms with Crippen molar-refractivity contribution >= 4 is 0 Å². The van der Waals surface area contributed by atoms with Gasteiger partial charge in [0.05, 0.1) is 6.20 Å². The van der Waals surface area contributed by atoms with Gasteiger partial charge in [-0.3, -0.25) is 9.88 Å². The molecular formula is C12H17FN2. The molecule has 1 aromatic heterocycles. The van der Waals surface area contributed by atoms with Crippen molar-refractivity contribution in [3.63, 3.8) is 0 Å². The summed E-state index contributed by atoms with van der Waals surface area (Å²) in [6.07, 6.45) is 5.51. The minimum Gasteiger partial charge on any atom is -0.299 e. The quantitative estimate of drug-likeness (QED) is 0.742. The zero-order valence-corrected chi connectivity index (χ0v) is 9.12. The highest BCUT2D eigenvalue weighted by molar-refractivity contribution is 5.10. The largest absolute Gasteiger partial charge is 0.299 e. The maximum atomic E-state index is 12.9. The number of hydrogen-bond donors (Lipinski definition) is 0. The number of pyridine rings is 1. The van der Waals surface area contributed by atoms with Gasteiger partial charge in [0.2, 0.25) is 0 Å². The predicted octanol–water partition coefficient (Wildman–Crippen LogP) is 2.45. The van der Waals surface area contributed by atoms with Gasteiger partial charge in [-0.1, -0.05) is 6.92 Å². The molecule has 0 saturated carbocycles. The Kier molecular flexibility index (Phi) is 3.31. The smallest absolute Gasteiger partial charge is 0.141 e. The van der Waals surface area contributed by atoms with Gasteiger partial charge in [0.1, 0.15) is 5.82 Å². The number of likely N-dealkylation sites (tertiary alicyclic amines) is 1. The molecule has 2 rings (SSSR count). The Labute approximate surface area is 90.1 Å². The average molecular weight is 208 g/mol. The van der Waals surface area contributed by atoms with Crippen LogP contribution in [0.5, 0.6) is 0 Å². The number of hydrogen-bond acceptors (Lipinski definition) is 2. The van der Waals surface area contributed by atoms with Gasteiger partial charge in [-0.2, -0.15) is 0 Å². The molecule has 0 N–H and O–H groups in total. The molecule has 2 nitrogen and oxygen atoms in total. The molecule has 0 radical (unpaired) electrons. The van der Waals surface area contributed by atoms with Gasteiger partial charge in [-0.25, -0.2) is 4.39 Å². The van der Waals surface area contributed by atoms with Crippen molar-refractivity contribution in [2.45, 2.75) is 26.3 Å². The van der Waals surface area contributed by atoms with Gasteiger partial charge >= 0.3 is 0 Å².